The SMILES string of the molecule is COc1ccccc1OCc1ccc(C(=O)NCc2ccc(OCCN(C)C)cc2)o1. The molecule has 31 heavy (non-hydrogen) atoms. The van der Waals surface area contributed by atoms with Crippen LogP contribution in [0.4, 0.5) is 0 Å². The molecule has 0 aliphatic carbocycles. The Hall–Kier alpha value is -3.45. The summed E-state index contributed by atoms with van der Waals surface area (Å²) in [4.78, 5) is 14.4. The third-order valence-corrected chi connectivity index (χ3v) is 4.51. The second kappa shape index (κ2) is 11.1. The highest BCUT2D eigenvalue weighted by atomic mass is 16.5. The number of benzene rings is 2. The number of carbonyl (C=O) groups excluding carboxylic acids is 1. The van der Waals surface area contributed by atoms with Crippen molar-refractivity contribution in [1.82, 2.24) is 10.2 Å². The van der Waals surface area contributed by atoms with Gasteiger partial charge in [-0.2, -0.15) is 0 Å². The zero-order valence-corrected chi connectivity index (χ0v) is 18.1. The summed E-state index contributed by atoms with van der Waals surface area (Å²) in [7, 11) is 5.60. The van der Waals surface area contributed by atoms with Gasteiger partial charge in [0.2, 0.25) is 0 Å². The molecule has 7 heteroatoms. The predicted octanol–water partition coefficient (Wildman–Crippen LogP) is 3.74. The smallest absolute Gasteiger partial charge is 0.287 e. The summed E-state index contributed by atoms with van der Waals surface area (Å²) in [5.41, 5.74) is 0.972. The molecule has 0 spiro atoms. The van der Waals surface area contributed by atoms with Gasteiger partial charge in [-0.15, -0.1) is 0 Å². The molecule has 0 radical (unpaired) electrons. The van der Waals surface area contributed by atoms with Gasteiger partial charge in [-0.05, 0) is 56.1 Å². The van der Waals surface area contributed by atoms with Crippen molar-refractivity contribution in [1.29, 1.82) is 0 Å². The van der Waals surface area contributed by atoms with Crippen LogP contribution in [0.25, 0.3) is 0 Å². The van der Waals surface area contributed by atoms with Gasteiger partial charge in [-0.25, -0.2) is 0 Å². The van der Waals surface area contributed by atoms with Crippen LogP contribution in [0.2, 0.25) is 0 Å². The van der Waals surface area contributed by atoms with Gasteiger partial charge in [0.05, 0.1) is 7.11 Å². The van der Waals surface area contributed by atoms with Gasteiger partial charge in [-0.1, -0.05) is 24.3 Å². The van der Waals surface area contributed by atoms with Gasteiger partial charge >= 0.3 is 0 Å². The second-order valence-corrected chi connectivity index (χ2v) is 7.18. The van der Waals surface area contributed by atoms with Crippen LogP contribution in [-0.4, -0.2) is 45.2 Å². The molecule has 164 valence electrons. The van der Waals surface area contributed by atoms with E-state index in [0.717, 1.165) is 17.9 Å². The fourth-order valence-corrected chi connectivity index (χ4v) is 2.78. The summed E-state index contributed by atoms with van der Waals surface area (Å²) in [6.07, 6.45) is 0. The van der Waals surface area contributed by atoms with Crippen molar-refractivity contribution in [2.24, 2.45) is 0 Å². The van der Waals surface area contributed by atoms with E-state index in [1.165, 1.54) is 0 Å². The van der Waals surface area contributed by atoms with E-state index < -0.39 is 0 Å². The van der Waals surface area contributed by atoms with Crippen molar-refractivity contribution in [2.45, 2.75) is 13.2 Å². The summed E-state index contributed by atoms with van der Waals surface area (Å²) in [6.45, 7) is 2.07. The van der Waals surface area contributed by atoms with Crippen LogP contribution in [0, 0.1) is 0 Å². The lowest BCUT2D eigenvalue weighted by Gasteiger charge is -2.11. The van der Waals surface area contributed by atoms with Gasteiger partial charge in [0.1, 0.15) is 24.7 Å². The average Bonchev–Trinajstić information content (AvgIpc) is 3.26. The summed E-state index contributed by atoms with van der Waals surface area (Å²) in [5, 5.41) is 2.86. The predicted molar refractivity (Wildman–Crippen MR) is 118 cm³/mol. The standard InChI is InChI=1S/C24H28N2O5/c1-26(2)14-15-29-19-10-8-18(9-11-19)16-25-24(27)23-13-12-20(31-23)17-30-22-7-5-4-6-21(22)28-3/h4-13H,14-17H2,1-3H3,(H,25,27). The minimum Gasteiger partial charge on any atom is -0.493 e. The Morgan fingerprint density at radius 1 is 0.968 bits per heavy atom. The van der Waals surface area contributed by atoms with Crippen LogP contribution in [0.15, 0.2) is 65.1 Å². The number of ether oxygens (including phenoxy) is 3. The quantitative estimate of drug-likeness (QED) is 0.506. The Kier molecular flexibility index (Phi) is 7.95. The summed E-state index contributed by atoms with van der Waals surface area (Å²) in [5.74, 6) is 2.57. The fraction of sp³-hybridized carbons (Fsp3) is 0.292. The van der Waals surface area contributed by atoms with Crippen molar-refractivity contribution in [3.05, 3.63) is 77.7 Å². The Morgan fingerprint density at radius 3 is 2.42 bits per heavy atom. The highest BCUT2D eigenvalue weighted by molar-refractivity contribution is 5.91. The Morgan fingerprint density at radius 2 is 1.71 bits per heavy atom. The number of nitrogens with one attached hydrogen (secondary N) is 1. The lowest BCUT2D eigenvalue weighted by Crippen LogP contribution is -2.22. The molecule has 1 N–H and O–H groups in total. The number of methoxy groups -OCH3 is 1. The van der Waals surface area contributed by atoms with Crippen molar-refractivity contribution >= 4 is 5.91 Å². The van der Waals surface area contributed by atoms with Gasteiger partial charge in [0.25, 0.3) is 5.91 Å². The second-order valence-electron chi connectivity index (χ2n) is 7.18. The molecule has 0 unspecified atom stereocenters. The Bertz CT molecular complexity index is 966. The van der Waals surface area contributed by atoms with Gasteiger partial charge < -0.3 is 28.8 Å². The van der Waals surface area contributed by atoms with E-state index in [1.807, 2.05) is 62.6 Å². The molecule has 0 fully saturated rings. The van der Waals surface area contributed by atoms with Crippen molar-refractivity contribution in [2.75, 3.05) is 34.4 Å². The minimum atomic E-state index is -0.283. The molecule has 0 saturated carbocycles. The number of nitrogens with zero attached hydrogens (tertiary/aromatic N) is 1. The Labute approximate surface area is 182 Å². The number of hydrogen-bond donors (Lipinski definition) is 1. The molecule has 2 aromatic carbocycles. The third kappa shape index (κ3) is 6.79. The van der Waals surface area contributed by atoms with Crippen molar-refractivity contribution < 1.29 is 23.4 Å². The molecule has 0 saturated heterocycles. The van der Waals surface area contributed by atoms with Crippen LogP contribution in [0.3, 0.4) is 0 Å². The van der Waals surface area contributed by atoms with Crippen LogP contribution in [0.1, 0.15) is 21.9 Å². The lowest BCUT2D eigenvalue weighted by molar-refractivity contribution is 0.0919. The number of carbonyl (C=O) groups is 1. The first-order valence-corrected chi connectivity index (χ1v) is 10.0. The van der Waals surface area contributed by atoms with Crippen LogP contribution < -0.4 is 19.5 Å². The van der Waals surface area contributed by atoms with E-state index in [2.05, 4.69) is 10.2 Å². The van der Waals surface area contributed by atoms with Crippen LogP contribution in [0.5, 0.6) is 17.2 Å². The Balaban J connectivity index is 1.46. The normalized spacial score (nSPS) is 10.7. The summed E-state index contributed by atoms with van der Waals surface area (Å²) in [6, 6.07) is 18.4. The van der Waals surface area contributed by atoms with Crippen LogP contribution >= 0.6 is 0 Å². The molecule has 1 amide bonds. The number of amides is 1. The largest absolute Gasteiger partial charge is 0.493 e. The maximum absolute atomic E-state index is 12.4. The molecule has 0 aliphatic heterocycles. The van der Waals surface area contributed by atoms with E-state index in [0.29, 0.717) is 30.4 Å². The molecule has 7 nitrogen and oxygen atoms in total. The van der Waals surface area contributed by atoms with Gasteiger partial charge in [0, 0.05) is 13.1 Å². The van der Waals surface area contributed by atoms with E-state index in [4.69, 9.17) is 18.6 Å². The monoisotopic (exact) mass is 424 g/mol. The number of furan rings is 1. The van der Waals surface area contributed by atoms with E-state index in [1.54, 1.807) is 19.2 Å². The highest BCUT2D eigenvalue weighted by Gasteiger charge is 2.12. The number of para-hydroxylation sites is 2. The molecule has 1 heterocycles. The topological polar surface area (TPSA) is 73.2 Å². The zero-order chi connectivity index (χ0) is 22.1. The van der Waals surface area contributed by atoms with Gasteiger partial charge in [-0.3, -0.25) is 4.79 Å². The number of likely N-dealkylation sites (N-methyl/N-ethyl adjacent to an activating group) is 1. The lowest BCUT2D eigenvalue weighted by atomic mass is 10.2. The highest BCUT2D eigenvalue weighted by Crippen LogP contribution is 2.26. The molecular formula is C24H28N2O5. The minimum absolute atomic E-state index is 0.197. The van der Waals surface area contributed by atoms with E-state index in [9.17, 15) is 4.79 Å². The number of rotatable bonds is 11. The van der Waals surface area contributed by atoms with Gasteiger partial charge in [0.15, 0.2) is 17.3 Å². The molecule has 3 rings (SSSR count). The maximum atomic E-state index is 12.4. The van der Waals surface area contributed by atoms with E-state index in [-0.39, 0.29) is 18.3 Å². The summed E-state index contributed by atoms with van der Waals surface area (Å²) >= 11 is 0. The van der Waals surface area contributed by atoms with Crippen molar-refractivity contribution in [3.63, 3.8) is 0 Å². The average molecular weight is 424 g/mol. The maximum Gasteiger partial charge on any atom is 0.287 e. The molecular weight excluding hydrogens is 396 g/mol. The third-order valence-electron chi connectivity index (χ3n) is 4.51. The molecule has 0 atom stereocenters. The van der Waals surface area contributed by atoms with Crippen LogP contribution in [-0.2, 0) is 13.2 Å². The fourth-order valence-electron chi connectivity index (χ4n) is 2.78. The molecule has 3 aromatic rings. The van der Waals surface area contributed by atoms with E-state index >= 15 is 0 Å². The first kappa shape index (κ1) is 22.2. The zero-order valence-electron chi connectivity index (χ0n) is 18.1. The van der Waals surface area contributed by atoms with Crippen molar-refractivity contribution in [3.8, 4) is 17.2 Å². The number of hydrogen-bond acceptors (Lipinski definition) is 6. The summed E-state index contributed by atoms with van der Waals surface area (Å²) < 4.78 is 22.3. The molecule has 0 aliphatic rings. The molecule has 0 bridgehead atoms. The molecule has 1 aromatic heterocycles. The first-order valence-electron chi connectivity index (χ1n) is 10.0. The first-order chi connectivity index (χ1) is 15.0.